The van der Waals surface area contributed by atoms with E-state index >= 15 is 0 Å². The zero-order valence-electron chi connectivity index (χ0n) is 19.9. The average molecular weight is 474 g/mol. The van der Waals surface area contributed by atoms with Gasteiger partial charge in [-0.15, -0.1) is 0 Å². The van der Waals surface area contributed by atoms with E-state index in [4.69, 9.17) is 4.74 Å². The number of rotatable bonds is 6. The summed E-state index contributed by atoms with van der Waals surface area (Å²) >= 11 is 0. The standard InChI is InChI=1S/C27H27N3O5/c1-4-28(20-11-13-21(14-12-20)30(33)34)27(32)24-17-18(2)29(25-8-6-5-7-23(24)25)26(31)19-9-15-22(35-3)16-10-19/h5-16,18,24H,4,17H2,1-3H3. The number of nitro groups is 1. The largest absolute Gasteiger partial charge is 0.497 e. The minimum absolute atomic E-state index is 0.0263. The molecule has 1 aliphatic rings. The molecule has 2 atom stereocenters. The highest BCUT2D eigenvalue weighted by Crippen LogP contribution is 2.41. The molecule has 0 N–H and O–H groups in total. The van der Waals surface area contributed by atoms with Gasteiger partial charge in [0.2, 0.25) is 5.91 Å². The van der Waals surface area contributed by atoms with Gasteiger partial charge in [0.25, 0.3) is 11.6 Å². The summed E-state index contributed by atoms with van der Waals surface area (Å²) in [6.07, 6.45) is 0.460. The molecular formula is C27H27N3O5. The molecule has 0 saturated carbocycles. The predicted molar refractivity (Wildman–Crippen MR) is 134 cm³/mol. The fraction of sp³-hybridized carbons (Fsp3) is 0.259. The van der Waals surface area contributed by atoms with Gasteiger partial charge in [0.15, 0.2) is 0 Å². The number of anilines is 2. The van der Waals surface area contributed by atoms with E-state index < -0.39 is 10.8 Å². The van der Waals surface area contributed by atoms with E-state index in [-0.39, 0.29) is 23.5 Å². The summed E-state index contributed by atoms with van der Waals surface area (Å²) in [5.41, 5.74) is 2.62. The van der Waals surface area contributed by atoms with Crippen molar-refractivity contribution < 1.29 is 19.2 Å². The summed E-state index contributed by atoms with van der Waals surface area (Å²) < 4.78 is 5.20. The van der Waals surface area contributed by atoms with Crippen LogP contribution in [-0.2, 0) is 4.79 Å². The van der Waals surface area contributed by atoms with Gasteiger partial charge in [-0.2, -0.15) is 0 Å². The van der Waals surface area contributed by atoms with Crippen molar-refractivity contribution in [2.24, 2.45) is 0 Å². The van der Waals surface area contributed by atoms with Gasteiger partial charge in [-0.25, -0.2) is 0 Å². The Labute approximate surface area is 203 Å². The molecule has 2 unspecified atom stereocenters. The highest BCUT2D eigenvalue weighted by Gasteiger charge is 2.38. The van der Waals surface area contributed by atoms with E-state index in [1.54, 1.807) is 53.3 Å². The molecule has 35 heavy (non-hydrogen) atoms. The number of methoxy groups -OCH3 is 1. The van der Waals surface area contributed by atoms with Crippen molar-refractivity contribution in [2.45, 2.75) is 32.2 Å². The van der Waals surface area contributed by atoms with Crippen LogP contribution < -0.4 is 14.5 Å². The monoisotopic (exact) mass is 473 g/mol. The van der Waals surface area contributed by atoms with Crippen molar-refractivity contribution in [3.8, 4) is 5.75 Å². The smallest absolute Gasteiger partial charge is 0.269 e. The maximum atomic E-state index is 13.7. The number of hydrogen-bond donors (Lipinski definition) is 0. The van der Waals surface area contributed by atoms with E-state index in [1.165, 1.54) is 12.1 Å². The van der Waals surface area contributed by atoms with Crippen LogP contribution in [0.4, 0.5) is 17.1 Å². The van der Waals surface area contributed by atoms with Gasteiger partial charge in [-0.3, -0.25) is 19.7 Å². The van der Waals surface area contributed by atoms with E-state index in [0.717, 1.165) is 5.56 Å². The number of benzene rings is 3. The molecule has 8 heteroatoms. The third kappa shape index (κ3) is 4.59. The summed E-state index contributed by atoms with van der Waals surface area (Å²) in [5, 5.41) is 11.0. The molecular weight excluding hydrogens is 446 g/mol. The first-order valence-electron chi connectivity index (χ1n) is 11.5. The Morgan fingerprint density at radius 1 is 1.06 bits per heavy atom. The SMILES string of the molecule is CCN(C(=O)C1CC(C)N(C(=O)c2ccc(OC)cc2)c2ccccc21)c1ccc([N+](=O)[O-])cc1. The van der Waals surface area contributed by atoms with E-state index in [9.17, 15) is 19.7 Å². The summed E-state index contributed by atoms with van der Waals surface area (Å²) in [4.78, 5) is 41.2. The Balaban J connectivity index is 1.66. The molecule has 8 nitrogen and oxygen atoms in total. The molecule has 0 bridgehead atoms. The highest BCUT2D eigenvalue weighted by molar-refractivity contribution is 6.09. The number of amides is 2. The number of carbonyl (C=O) groups excluding carboxylic acids is 2. The molecule has 3 aromatic carbocycles. The second-order valence-electron chi connectivity index (χ2n) is 8.46. The van der Waals surface area contributed by atoms with Gasteiger partial charge in [0.05, 0.1) is 18.0 Å². The lowest BCUT2D eigenvalue weighted by atomic mass is 9.84. The topological polar surface area (TPSA) is 93.0 Å². The zero-order chi connectivity index (χ0) is 25.1. The van der Waals surface area contributed by atoms with Crippen LogP contribution in [0, 0.1) is 10.1 Å². The number of likely N-dealkylation sites (N-methyl/N-ethyl adjacent to an activating group) is 1. The molecule has 1 heterocycles. The molecule has 4 rings (SSSR count). The van der Waals surface area contributed by atoms with Crippen LogP contribution in [0.2, 0.25) is 0 Å². The van der Waals surface area contributed by atoms with Crippen LogP contribution in [-0.4, -0.2) is 36.4 Å². The number of non-ortho nitro benzene ring substituents is 1. The minimum Gasteiger partial charge on any atom is -0.497 e. The lowest BCUT2D eigenvalue weighted by Crippen LogP contribution is -2.46. The van der Waals surface area contributed by atoms with Crippen molar-refractivity contribution in [1.82, 2.24) is 0 Å². The van der Waals surface area contributed by atoms with Crippen LogP contribution >= 0.6 is 0 Å². The quantitative estimate of drug-likeness (QED) is 0.363. The average Bonchev–Trinajstić information content (AvgIpc) is 2.88. The van der Waals surface area contributed by atoms with Gasteiger partial charge < -0.3 is 14.5 Å². The second-order valence-corrected chi connectivity index (χ2v) is 8.46. The Hall–Kier alpha value is -4.20. The Bertz CT molecular complexity index is 1240. The van der Waals surface area contributed by atoms with E-state index in [1.807, 2.05) is 38.1 Å². The number of ether oxygens (including phenoxy) is 1. The van der Waals surface area contributed by atoms with Gasteiger partial charge >= 0.3 is 0 Å². The van der Waals surface area contributed by atoms with Crippen LogP contribution in [0.1, 0.15) is 42.1 Å². The van der Waals surface area contributed by atoms with Crippen LogP contribution in [0.25, 0.3) is 0 Å². The summed E-state index contributed by atoms with van der Waals surface area (Å²) in [5.74, 6) is -0.0140. The van der Waals surface area contributed by atoms with Crippen molar-refractivity contribution in [2.75, 3.05) is 23.5 Å². The van der Waals surface area contributed by atoms with Gasteiger partial charge in [0, 0.05) is 41.7 Å². The Morgan fingerprint density at radius 3 is 2.31 bits per heavy atom. The molecule has 0 radical (unpaired) electrons. The van der Waals surface area contributed by atoms with Gasteiger partial charge in [-0.05, 0) is 68.3 Å². The molecule has 0 fully saturated rings. The van der Waals surface area contributed by atoms with Crippen molar-refractivity contribution in [3.05, 3.63) is 94.0 Å². The molecule has 180 valence electrons. The number of carbonyl (C=O) groups is 2. The fourth-order valence-corrected chi connectivity index (χ4v) is 4.64. The lowest BCUT2D eigenvalue weighted by molar-refractivity contribution is -0.384. The first-order chi connectivity index (χ1) is 16.8. The van der Waals surface area contributed by atoms with Gasteiger partial charge in [0.1, 0.15) is 5.75 Å². The third-order valence-corrected chi connectivity index (χ3v) is 6.40. The molecule has 0 spiro atoms. The normalized spacial score (nSPS) is 16.8. The first kappa shape index (κ1) is 23.9. The van der Waals surface area contributed by atoms with Gasteiger partial charge in [-0.1, -0.05) is 18.2 Å². The first-order valence-corrected chi connectivity index (χ1v) is 11.5. The maximum absolute atomic E-state index is 13.7. The fourth-order valence-electron chi connectivity index (χ4n) is 4.64. The number of para-hydroxylation sites is 1. The predicted octanol–water partition coefficient (Wildman–Crippen LogP) is 5.18. The number of fused-ring (bicyclic) bond motifs is 1. The lowest BCUT2D eigenvalue weighted by Gasteiger charge is -2.40. The summed E-state index contributed by atoms with van der Waals surface area (Å²) in [6, 6.07) is 20.2. The van der Waals surface area contributed by atoms with Crippen molar-refractivity contribution >= 4 is 28.9 Å². The molecule has 0 aliphatic carbocycles. The number of hydrogen-bond acceptors (Lipinski definition) is 5. The number of nitro benzene ring substituents is 1. The Morgan fingerprint density at radius 2 is 1.71 bits per heavy atom. The minimum atomic E-state index is -0.463. The number of nitrogens with zero attached hydrogens (tertiary/aromatic N) is 3. The second kappa shape index (κ2) is 9.97. The van der Waals surface area contributed by atoms with Crippen LogP contribution in [0.3, 0.4) is 0 Å². The van der Waals surface area contributed by atoms with Crippen molar-refractivity contribution in [3.63, 3.8) is 0 Å². The Kier molecular flexibility index (Phi) is 6.82. The summed E-state index contributed by atoms with van der Waals surface area (Å²) in [6.45, 7) is 4.23. The summed E-state index contributed by atoms with van der Waals surface area (Å²) in [7, 11) is 1.58. The molecule has 0 aromatic heterocycles. The van der Waals surface area contributed by atoms with E-state index in [2.05, 4.69) is 0 Å². The van der Waals surface area contributed by atoms with E-state index in [0.29, 0.717) is 35.7 Å². The molecule has 1 aliphatic heterocycles. The zero-order valence-corrected chi connectivity index (χ0v) is 19.9. The molecule has 3 aromatic rings. The molecule has 0 saturated heterocycles. The van der Waals surface area contributed by atoms with Crippen LogP contribution in [0.5, 0.6) is 5.75 Å². The third-order valence-electron chi connectivity index (χ3n) is 6.40. The van der Waals surface area contributed by atoms with Crippen molar-refractivity contribution in [1.29, 1.82) is 0 Å². The molecule has 2 amide bonds. The highest BCUT2D eigenvalue weighted by atomic mass is 16.6. The van der Waals surface area contributed by atoms with Crippen LogP contribution in [0.15, 0.2) is 72.8 Å². The maximum Gasteiger partial charge on any atom is 0.269 e.